The molecule has 0 fully saturated rings. The third kappa shape index (κ3) is 5.90. The van der Waals surface area contributed by atoms with E-state index in [9.17, 15) is 9.59 Å². The average molecular weight is 186 g/mol. The van der Waals surface area contributed by atoms with Gasteiger partial charge in [0.05, 0.1) is 6.42 Å². The molecule has 0 aromatic heterocycles. The molecule has 0 aromatic rings. The van der Waals surface area contributed by atoms with Crippen LogP contribution in [-0.2, 0) is 19.1 Å². The Morgan fingerprint density at radius 3 is 2.62 bits per heavy atom. The fourth-order valence-electron chi connectivity index (χ4n) is 0.722. The topological polar surface area (TPSA) is 52.6 Å². The predicted molar refractivity (Wildman–Crippen MR) is 47.0 cm³/mol. The molecule has 0 aliphatic rings. The van der Waals surface area contributed by atoms with Crippen molar-refractivity contribution in [3.8, 4) is 0 Å². The molecule has 0 radical (unpaired) electrons. The van der Waals surface area contributed by atoms with Gasteiger partial charge in [0, 0.05) is 0 Å². The second-order valence-electron chi connectivity index (χ2n) is 3.12. The van der Waals surface area contributed by atoms with E-state index < -0.39 is 11.6 Å². The highest BCUT2D eigenvalue weighted by molar-refractivity contribution is 5.70. The van der Waals surface area contributed by atoms with Gasteiger partial charge in [-0.25, -0.2) is 0 Å². The maximum Gasteiger partial charge on any atom is 0.310 e. The lowest BCUT2D eigenvalue weighted by molar-refractivity contribution is -0.153. The van der Waals surface area contributed by atoms with Gasteiger partial charge in [0.1, 0.15) is 12.2 Å². The summed E-state index contributed by atoms with van der Waals surface area (Å²) in [6, 6.07) is 0. The highest BCUT2D eigenvalue weighted by atomic mass is 16.6. The van der Waals surface area contributed by atoms with Crippen LogP contribution in [0.15, 0.2) is 12.7 Å². The second kappa shape index (κ2) is 5.35. The summed E-state index contributed by atoms with van der Waals surface area (Å²) in [5.41, 5.74) is -0.806. The van der Waals surface area contributed by atoms with E-state index >= 15 is 0 Å². The first-order valence-corrected chi connectivity index (χ1v) is 3.90. The number of rotatable bonds is 6. The second-order valence-corrected chi connectivity index (χ2v) is 3.12. The van der Waals surface area contributed by atoms with Gasteiger partial charge in [0.2, 0.25) is 0 Å². The summed E-state index contributed by atoms with van der Waals surface area (Å²) in [4.78, 5) is 21.1. The highest BCUT2D eigenvalue weighted by Gasteiger charge is 2.23. The van der Waals surface area contributed by atoms with Crippen molar-refractivity contribution >= 4 is 12.4 Å². The molecule has 0 aromatic carbocycles. The number of esters is 1. The van der Waals surface area contributed by atoms with E-state index in [4.69, 9.17) is 4.74 Å². The first-order chi connectivity index (χ1) is 6.02. The zero-order valence-corrected chi connectivity index (χ0v) is 7.91. The first-order valence-electron chi connectivity index (χ1n) is 3.90. The molecule has 0 saturated carbocycles. The summed E-state index contributed by atoms with van der Waals surface area (Å²) >= 11 is 0. The summed E-state index contributed by atoms with van der Waals surface area (Å²) in [7, 11) is 0. The molecule has 0 amide bonds. The number of carbonyl (C=O) groups excluding carboxylic acids is 2. The van der Waals surface area contributed by atoms with Crippen molar-refractivity contribution in [3.63, 3.8) is 0 Å². The van der Waals surface area contributed by atoms with Crippen molar-refractivity contribution in [1.29, 1.82) is 0 Å². The molecule has 13 heavy (non-hydrogen) atoms. The van der Waals surface area contributed by atoms with E-state index in [1.54, 1.807) is 13.8 Å². The molecule has 0 heterocycles. The summed E-state index contributed by atoms with van der Waals surface area (Å²) in [6.45, 7) is 7.17. The molecule has 0 saturated heterocycles. The normalized spacial score (nSPS) is 10.3. The molecule has 0 aliphatic carbocycles. The van der Waals surface area contributed by atoms with Gasteiger partial charge in [-0.15, -0.1) is 0 Å². The Kier molecular flexibility index (Phi) is 4.80. The van der Waals surface area contributed by atoms with Crippen LogP contribution in [0.2, 0.25) is 0 Å². The van der Waals surface area contributed by atoms with Crippen molar-refractivity contribution in [3.05, 3.63) is 12.7 Å². The van der Waals surface area contributed by atoms with E-state index in [-0.39, 0.29) is 13.0 Å². The summed E-state index contributed by atoms with van der Waals surface area (Å²) < 4.78 is 9.39. The van der Waals surface area contributed by atoms with Crippen LogP contribution in [0.3, 0.4) is 0 Å². The molecule has 0 atom stereocenters. The average Bonchev–Trinajstić information content (AvgIpc) is 1.99. The standard InChI is InChI=1S/C9H14O4/c1-4-5-12-8(11)6-9(2,3)13-7-10/h4,7H,1,5-6H2,2-3H3. The highest BCUT2D eigenvalue weighted by Crippen LogP contribution is 2.13. The molecule has 0 unspecified atom stereocenters. The predicted octanol–water partition coefficient (Wildman–Crippen LogP) is 1.06. The van der Waals surface area contributed by atoms with Crippen molar-refractivity contribution in [2.24, 2.45) is 0 Å². The fraction of sp³-hybridized carbons (Fsp3) is 0.556. The summed E-state index contributed by atoms with van der Waals surface area (Å²) in [5.74, 6) is -0.410. The van der Waals surface area contributed by atoms with Crippen LogP contribution < -0.4 is 0 Å². The number of hydrogen-bond donors (Lipinski definition) is 0. The molecule has 0 bridgehead atoms. The van der Waals surface area contributed by atoms with E-state index in [1.165, 1.54) is 6.08 Å². The van der Waals surface area contributed by atoms with Crippen molar-refractivity contribution in [1.82, 2.24) is 0 Å². The monoisotopic (exact) mass is 186 g/mol. The minimum atomic E-state index is -0.806. The lowest BCUT2D eigenvalue weighted by atomic mass is 10.1. The molecule has 0 aliphatic heterocycles. The zero-order chi connectivity index (χ0) is 10.3. The number of ether oxygens (including phenoxy) is 2. The SMILES string of the molecule is C=CCOC(=O)CC(C)(C)OC=O. The molecule has 74 valence electrons. The summed E-state index contributed by atoms with van der Waals surface area (Å²) in [6.07, 6.45) is 1.52. The van der Waals surface area contributed by atoms with Crippen LogP contribution in [0.5, 0.6) is 0 Å². The van der Waals surface area contributed by atoms with Gasteiger partial charge in [-0.1, -0.05) is 12.7 Å². The Labute approximate surface area is 77.5 Å². The number of hydrogen-bond acceptors (Lipinski definition) is 4. The van der Waals surface area contributed by atoms with E-state index in [1.807, 2.05) is 0 Å². The largest absolute Gasteiger partial charge is 0.461 e. The lowest BCUT2D eigenvalue weighted by Gasteiger charge is -2.20. The van der Waals surface area contributed by atoms with Gasteiger partial charge in [0.15, 0.2) is 0 Å². The molecular formula is C9H14O4. The van der Waals surface area contributed by atoms with Crippen LogP contribution >= 0.6 is 0 Å². The third-order valence-electron chi connectivity index (χ3n) is 1.30. The molecule has 4 heteroatoms. The van der Waals surface area contributed by atoms with Crippen LogP contribution in [0.1, 0.15) is 20.3 Å². The Balaban J connectivity index is 3.87. The number of carbonyl (C=O) groups is 2. The summed E-state index contributed by atoms with van der Waals surface area (Å²) in [5, 5.41) is 0. The quantitative estimate of drug-likeness (QED) is 0.353. The van der Waals surface area contributed by atoms with Gasteiger partial charge >= 0.3 is 5.97 Å². The van der Waals surface area contributed by atoms with Gasteiger partial charge in [-0.3, -0.25) is 9.59 Å². The Bertz CT molecular complexity index is 196. The molecule has 0 rings (SSSR count). The third-order valence-corrected chi connectivity index (χ3v) is 1.30. The Morgan fingerprint density at radius 1 is 1.54 bits per heavy atom. The van der Waals surface area contributed by atoms with Gasteiger partial charge in [-0.05, 0) is 13.8 Å². The van der Waals surface area contributed by atoms with Gasteiger partial charge < -0.3 is 9.47 Å². The molecule has 4 nitrogen and oxygen atoms in total. The Morgan fingerprint density at radius 2 is 2.15 bits per heavy atom. The smallest absolute Gasteiger partial charge is 0.310 e. The fourth-order valence-corrected chi connectivity index (χ4v) is 0.722. The van der Waals surface area contributed by atoms with Crippen molar-refractivity contribution in [2.75, 3.05) is 6.61 Å². The molecule has 0 spiro atoms. The van der Waals surface area contributed by atoms with Crippen LogP contribution in [0, 0.1) is 0 Å². The molecule has 0 N–H and O–H groups in total. The van der Waals surface area contributed by atoms with Crippen LogP contribution in [0.4, 0.5) is 0 Å². The van der Waals surface area contributed by atoms with Crippen LogP contribution in [-0.4, -0.2) is 24.6 Å². The van der Waals surface area contributed by atoms with E-state index in [2.05, 4.69) is 11.3 Å². The first kappa shape index (κ1) is 11.7. The van der Waals surface area contributed by atoms with Gasteiger partial charge in [0.25, 0.3) is 6.47 Å². The Hall–Kier alpha value is -1.32. The van der Waals surface area contributed by atoms with E-state index in [0.717, 1.165) is 0 Å². The van der Waals surface area contributed by atoms with Crippen molar-refractivity contribution < 1.29 is 19.1 Å². The minimum Gasteiger partial charge on any atom is -0.461 e. The maximum absolute atomic E-state index is 11.0. The van der Waals surface area contributed by atoms with E-state index in [0.29, 0.717) is 6.47 Å². The van der Waals surface area contributed by atoms with Crippen LogP contribution in [0.25, 0.3) is 0 Å². The minimum absolute atomic E-state index is 0.0413. The maximum atomic E-state index is 11.0. The zero-order valence-electron chi connectivity index (χ0n) is 7.91. The lowest BCUT2D eigenvalue weighted by Crippen LogP contribution is -2.28. The molecular weight excluding hydrogens is 172 g/mol. The van der Waals surface area contributed by atoms with Crippen molar-refractivity contribution in [2.45, 2.75) is 25.9 Å². The van der Waals surface area contributed by atoms with Gasteiger partial charge in [-0.2, -0.15) is 0 Å².